The first-order valence-electron chi connectivity index (χ1n) is 10.2. The third kappa shape index (κ3) is 4.56. The minimum absolute atomic E-state index is 0.520. The number of rotatable bonds is 6. The summed E-state index contributed by atoms with van der Waals surface area (Å²) in [5, 5.41) is 17.7. The molecule has 7 nitrogen and oxygen atoms in total. The summed E-state index contributed by atoms with van der Waals surface area (Å²) in [5.41, 5.74) is 8.81. The summed E-state index contributed by atoms with van der Waals surface area (Å²) < 4.78 is 6.18. The number of pyridine rings is 1. The molecule has 30 heavy (non-hydrogen) atoms. The molecule has 0 radical (unpaired) electrons. The summed E-state index contributed by atoms with van der Waals surface area (Å²) in [7, 11) is 0. The van der Waals surface area contributed by atoms with E-state index in [4.69, 9.17) is 10.5 Å². The zero-order valence-corrected chi connectivity index (χ0v) is 16.8. The van der Waals surface area contributed by atoms with Crippen molar-refractivity contribution in [2.75, 3.05) is 24.5 Å². The van der Waals surface area contributed by atoms with Gasteiger partial charge in [-0.05, 0) is 62.1 Å². The molecule has 1 saturated heterocycles. The van der Waals surface area contributed by atoms with Crippen molar-refractivity contribution in [3.8, 4) is 28.8 Å². The fourth-order valence-electron chi connectivity index (χ4n) is 3.58. The number of anilines is 1. The maximum atomic E-state index is 9.34. The smallest absolute Gasteiger partial charge is 0.154 e. The second-order valence-electron chi connectivity index (χ2n) is 7.31. The molecule has 2 aromatic heterocycles. The highest BCUT2D eigenvalue weighted by molar-refractivity contribution is 5.69. The highest BCUT2D eigenvalue weighted by atomic mass is 16.5. The number of hydrogen-bond acceptors (Lipinski definition) is 7. The topological polar surface area (TPSA) is 101 Å². The summed E-state index contributed by atoms with van der Waals surface area (Å²) in [6.45, 7) is 2.54. The molecule has 0 amide bonds. The van der Waals surface area contributed by atoms with E-state index in [0.717, 1.165) is 55.0 Å². The summed E-state index contributed by atoms with van der Waals surface area (Å²) in [5.74, 6) is 1.96. The summed E-state index contributed by atoms with van der Waals surface area (Å²) in [6.07, 6.45) is 7.77. The fourth-order valence-corrected chi connectivity index (χ4v) is 3.58. The van der Waals surface area contributed by atoms with E-state index in [9.17, 15) is 5.26 Å². The molecule has 1 aliphatic heterocycles. The number of benzene rings is 1. The second-order valence-corrected chi connectivity index (χ2v) is 7.31. The lowest BCUT2D eigenvalue weighted by Gasteiger charge is -2.27. The quantitative estimate of drug-likeness (QED) is 0.673. The van der Waals surface area contributed by atoms with Gasteiger partial charge in [-0.1, -0.05) is 6.07 Å². The van der Waals surface area contributed by atoms with Crippen molar-refractivity contribution in [3.63, 3.8) is 0 Å². The Morgan fingerprint density at radius 1 is 1.07 bits per heavy atom. The highest BCUT2D eigenvalue weighted by Gasteiger charge is 2.15. The Morgan fingerprint density at radius 2 is 1.93 bits per heavy atom. The summed E-state index contributed by atoms with van der Waals surface area (Å²) >= 11 is 0. The number of nitrogens with zero attached hydrogens (tertiary/aromatic N) is 5. The van der Waals surface area contributed by atoms with E-state index in [1.165, 1.54) is 6.42 Å². The molecule has 4 rings (SSSR count). The van der Waals surface area contributed by atoms with Gasteiger partial charge in [-0.3, -0.25) is 4.98 Å². The van der Waals surface area contributed by atoms with Crippen molar-refractivity contribution in [2.24, 2.45) is 5.73 Å². The van der Waals surface area contributed by atoms with E-state index in [1.807, 2.05) is 30.5 Å². The van der Waals surface area contributed by atoms with Crippen molar-refractivity contribution >= 4 is 5.82 Å². The van der Waals surface area contributed by atoms with Crippen LogP contribution >= 0.6 is 0 Å². The normalized spacial score (nSPS) is 13.7. The molecule has 0 aliphatic carbocycles. The molecule has 0 unspecified atom stereocenters. The Morgan fingerprint density at radius 3 is 2.67 bits per heavy atom. The minimum atomic E-state index is 0.520. The number of piperidine rings is 1. The maximum Gasteiger partial charge on any atom is 0.154 e. The van der Waals surface area contributed by atoms with Gasteiger partial charge in [-0.15, -0.1) is 5.10 Å². The van der Waals surface area contributed by atoms with Crippen LogP contribution in [-0.2, 0) is 6.42 Å². The Balaban J connectivity index is 1.64. The van der Waals surface area contributed by atoms with Gasteiger partial charge in [0.05, 0.1) is 23.5 Å². The Hall–Kier alpha value is -3.50. The van der Waals surface area contributed by atoms with Crippen LogP contribution in [0.25, 0.3) is 11.3 Å². The first-order chi connectivity index (χ1) is 14.8. The van der Waals surface area contributed by atoms with Gasteiger partial charge in [0.2, 0.25) is 0 Å². The van der Waals surface area contributed by atoms with Gasteiger partial charge in [0.1, 0.15) is 5.75 Å². The fraction of sp³-hybridized carbons (Fsp3) is 0.304. The Labute approximate surface area is 176 Å². The van der Waals surface area contributed by atoms with Gasteiger partial charge in [0.15, 0.2) is 11.6 Å². The predicted molar refractivity (Wildman–Crippen MR) is 115 cm³/mol. The molecular weight excluding hydrogens is 376 g/mol. The Kier molecular flexibility index (Phi) is 6.16. The van der Waals surface area contributed by atoms with E-state index in [2.05, 4.69) is 26.2 Å². The van der Waals surface area contributed by atoms with Crippen molar-refractivity contribution in [2.45, 2.75) is 25.7 Å². The molecule has 0 atom stereocenters. The van der Waals surface area contributed by atoms with E-state index in [0.29, 0.717) is 23.6 Å². The molecule has 2 N–H and O–H groups in total. The summed E-state index contributed by atoms with van der Waals surface area (Å²) in [6, 6.07) is 13.4. The molecule has 1 aliphatic rings. The van der Waals surface area contributed by atoms with Gasteiger partial charge in [-0.25, -0.2) is 0 Å². The molecule has 0 bridgehead atoms. The minimum Gasteiger partial charge on any atom is -0.455 e. The van der Waals surface area contributed by atoms with Gasteiger partial charge >= 0.3 is 0 Å². The van der Waals surface area contributed by atoms with E-state index < -0.39 is 0 Å². The lowest BCUT2D eigenvalue weighted by Crippen LogP contribution is -2.30. The van der Waals surface area contributed by atoms with Crippen LogP contribution in [0, 0.1) is 11.3 Å². The zero-order chi connectivity index (χ0) is 20.8. The molecule has 1 fully saturated rings. The predicted octanol–water partition coefficient (Wildman–Crippen LogP) is 3.69. The number of nitriles is 1. The van der Waals surface area contributed by atoms with Gasteiger partial charge in [0.25, 0.3) is 0 Å². The highest BCUT2D eigenvalue weighted by Crippen LogP contribution is 2.34. The molecule has 3 aromatic rings. The van der Waals surface area contributed by atoms with Crippen molar-refractivity contribution in [1.82, 2.24) is 15.2 Å². The average Bonchev–Trinajstić information content (AvgIpc) is 2.81. The van der Waals surface area contributed by atoms with Crippen molar-refractivity contribution < 1.29 is 4.74 Å². The lowest BCUT2D eigenvalue weighted by molar-refractivity contribution is 0.478. The molecular formula is C23H24N6O. The molecule has 3 heterocycles. The van der Waals surface area contributed by atoms with Crippen LogP contribution in [0.3, 0.4) is 0 Å². The second kappa shape index (κ2) is 9.33. The van der Waals surface area contributed by atoms with Crippen LogP contribution in [0.2, 0.25) is 0 Å². The standard InChI is InChI=1S/C23H24N6O/c24-9-8-17-5-7-21(26-15-17)20-6-4-18(14-25)12-22(20)30-19-13-23(28-27-16-19)29-10-2-1-3-11-29/h4-7,12-13,15-16H,1-3,8-11,24H2. The molecule has 1 aromatic carbocycles. The SMILES string of the molecule is N#Cc1ccc(-c2ccc(CCN)cn2)c(Oc2cnnc(N3CCCCC3)c2)c1. The largest absolute Gasteiger partial charge is 0.455 e. The first kappa shape index (κ1) is 19.8. The maximum absolute atomic E-state index is 9.34. The van der Waals surface area contributed by atoms with E-state index in [-0.39, 0.29) is 0 Å². The van der Waals surface area contributed by atoms with E-state index >= 15 is 0 Å². The van der Waals surface area contributed by atoms with Crippen molar-refractivity contribution in [3.05, 3.63) is 59.9 Å². The van der Waals surface area contributed by atoms with E-state index in [1.54, 1.807) is 18.3 Å². The zero-order valence-electron chi connectivity index (χ0n) is 16.8. The van der Waals surface area contributed by atoms with Crippen molar-refractivity contribution in [1.29, 1.82) is 5.26 Å². The van der Waals surface area contributed by atoms with Crippen LogP contribution in [-0.4, -0.2) is 34.8 Å². The van der Waals surface area contributed by atoms with Crippen LogP contribution in [0.1, 0.15) is 30.4 Å². The van der Waals surface area contributed by atoms with Gasteiger partial charge < -0.3 is 15.4 Å². The monoisotopic (exact) mass is 400 g/mol. The third-order valence-corrected chi connectivity index (χ3v) is 5.17. The molecule has 0 spiro atoms. The first-order valence-corrected chi connectivity index (χ1v) is 10.2. The van der Waals surface area contributed by atoms with Gasteiger partial charge in [-0.2, -0.15) is 10.4 Å². The number of ether oxygens (including phenoxy) is 1. The molecule has 152 valence electrons. The Bertz CT molecular complexity index is 1040. The van der Waals surface area contributed by atoms with Crippen LogP contribution in [0.15, 0.2) is 48.8 Å². The molecule has 7 heteroatoms. The summed E-state index contributed by atoms with van der Waals surface area (Å²) in [4.78, 5) is 6.79. The van der Waals surface area contributed by atoms with Crippen LogP contribution < -0.4 is 15.4 Å². The average molecular weight is 400 g/mol. The lowest BCUT2D eigenvalue weighted by atomic mass is 10.1. The van der Waals surface area contributed by atoms with Crippen LogP contribution in [0.5, 0.6) is 11.5 Å². The number of hydrogen-bond donors (Lipinski definition) is 1. The number of nitrogens with two attached hydrogens (primary N) is 1. The van der Waals surface area contributed by atoms with Gasteiger partial charge in [0, 0.05) is 30.9 Å². The molecule has 0 saturated carbocycles. The number of aromatic nitrogens is 3. The van der Waals surface area contributed by atoms with Crippen LogP contribution in [0.4, 0.5) is 5.82 Å². The third-order valence-electron chi connectivity index (χ3n) is 5.17.